The molecule has 0 saturated heterocycles. The minimum absolute atomic E-state index is 0.0411. The van der Waals surface area contributed by atoms with E-state index in [1.54, 1.807) is 7.11 Å². The van der Waals surface area contributed by atoms with Crippen molar-refractivity contribution < 1.29 is 9.53 Å². The molecule has 0 aliphatic rings. The first-order chi connectivity index (χ1) is 9.60. The molecule has 112 valence electrons. The van der Waals surface area contributed by atoms with Crippen LogP contribution in [0.25, 0.3) is 0 Å². The summed E-state index contributed by atoms with van der Waals surface area (Å²) in [5.74, 6) is 1.01. The van der Waals surface area contributed by atoms with Gasteiger partial charge in [0.1, 0.15) is 5.75 Å². The van der Waals surface area contributed by atoms with Crippen LogP contribution in [0.1, 0.15) is 13.8 Å². The van der Waals surface area contributed by atoms with Gasteiger partial charge in [-0.05, 0) is 31.1 Å². The van der Waals surface area contributed by atoms with E-state index in [0.717, 1.165) is 13.1 Å². The fourth-order valence-electron chi connectivity index (χ4n) is 1.96. The zero-order valence-electron chi connectivity index (χ0n) is 12.6. The van der Waals surface area contributed by atoms with Crippen molar-refractivity contribution in [2.24, 2.45) is 11.7 Å². The topological polar surface area (TPSA) is 67.6 Å². The SMILES string of the molecule is CCN(CC(=O)Nc1ccccc1OC)CC(C)CN. The molecule has 0 aromatic heterocycles. The molecule has 0 heterocycles. The van der Waals surface area contributed by atoms with Gasteiger partial charge in [-0.25, -0.2) is 0 Å². The molecule has 0 aliphatic carbocycles. The second-order valence-electron chi connectivity index (χ2n) is 4.92. The van der Waals surface area contributed by atoms with Crippen LogP contribution < -0.4 is 15.8 Å². The lowest BCUT2D eigenvalue weighted by atomic mass is 10.1. The first-order valence-corrected chi connectivity index (χ1v) is 6.96. The van der Waals surface area contributed by atoms with Crippen molar-refractivity contribution in [3.63, 3.8) is 0 Å². The molecule has 1 unspecified atom stereocenters. The van der Waals surface area contributed by atoms with Crippen molar-refractivity contribution in [1.82, 2.24) is 4.90 Å². The summed E-state index contributed by atoms with van der Waals surface area (Å²) < 4.78 is 5.21. The van der Waals surface area contributed by atoms with E-state index in [-0.39, 0.29) is 5.91 Å². The maximum atomic E-state index is 12.1. The van der Waals surface area contributed by atoms with Crippen LogP contribution in [0.5, 0.6) is 5.75 Å². The van der Waals surface area contributed by atoms with Crippen molar-refractivity contribution in [2.45, 2.75) is 13.8 Å². The molecule has 20 heavy (non-hydrogen) atoms. The number of nitrogens with two attached hydrogens (primary N) is 1. The number of carbonyl (C=O) groups excluding carboxylic acids is 1. The number of rotatable bonds is 8. The number of hydrogen-bond donors (Lipinski definition) is 2. The average molecular weight is 279 g/mol. The number of likely N-dealkylation sites (N-methyl/N-ethyl adjacent to an activating group) is 1. The third kappa shape index (κ3) is 5.19. The van der Waals surface area contributed by atoms with Gasteiger partial charge in [0.2, 0.25) is 5.91 Å². The van der Waals surface area contributed by atoms with Gasteiger partial charge in [0, 0.05) is 6.54 Å². The molecule has 1 atom stereocenters. The number of hydrogen-bond acceptors (Lipinski definition) is 4. The number of nitrogens with one attached hydrogen (secondary N) is 1. The Morgan fingerprint density at radius 3 is 2.75 bits per heavy atom. The van der Waals surface area contributed by atoms with Gasteiger partial charge in [-0.3, -0.25) is 9.69 Å². The predicted octanol–water partition coefficient (Wildman–Crippen LogP) is 1.55. The van der Waals surface area contributed by atoms with Gasteiger partial charge in [-0.15, -0.1) is 0 Å². The zero-order chi connectivity index (χ0) is 15.0. The summed E-state index contributed by atoms with van der Waals surface area (Å²) in [6, 6.07) is 7.39. The van der Waals surface area contributed by atoms with Gasteiger partial charge in [-0.2, -0.15) is 0 Å². The monoisotopic (exact) mass is 279 g/mol. The fraction of sp³-hybridized carbons (Fsp3) is 0.533. The van der Waals surface area contributed by atoms with Crippen LogP contribution in [0.4, 0.5) is 5.69 Å². The molecular weight excluding hydrogens is 254 g/mol. The number of anilines is 1. The van der Waals surface area contributed by atoms with Crippen LogP contribution in [-0.4, -0.2) is 44.1 Å². The normalized spacial score (nSPS) is 12.2. The molecule has 5 nitrogen and oxygen atoms in total. The van der Waals surface area contributed by atoms with E-state index in [4.69, 9.17) is 10.5 Å². The largest absolute Gasteiger partial charge is 0.495 e. The van der Waals surface area contributed by atoms with Crippen molar-refractivity contribution in [2.75, 3.05) is 38.6 Å². The van der Waals surface area contributed by atoms with Crippen LogP contribution in [0, 0.1) is 5.92 Å². The Morgan fingerprint density at radius 1 is 1.45 bits per heavy atom. The van der Waals surface area contributed by atoms with Crippen molar-refractivity contribution >= 4 is 11.6 Å². The molecule has 0 aliphatic heterocycles. The molecule has 0 saturated carbocycles. The van der Waals surface area contributed by atoms with Crippen molar-refractivity contribution in [3.8, 4) is 5.75 Å². The fourth-order valence-corrected chi connectivity index (χ4v) is 1.96. The number of benzene rings is 1. The highest BCUT2D eigenvalue weighted by Crippen LogP contribution is 2.22. The Bertz CT molecular complexity index is 423. The lowest BCUT2D eigenvalue weighted by Gasteiger charge is -2.23. The minimum atomic E-state index is -0.0411. The maximum absolute atomic E-state index is 12.1. The summed E-state index contributed by atoms with van der Waals surface area (Å²) >= 11 is 0. The molecule has 1 amide bonds. The average Bonchev–Trinajstić information content (AvgIpc) is 2.46. The van der Waals surface area contributed by atoms with Crippen LogP contribution in [-0.2, 0) is 4.79 Å². The third-order valence-electron chi connectivity index (χ3n) is 3.17. The quantitative estimate of drug-likeness (QED) is 0.757. The third-order valence-corrected chi connectivity index (χ3v) is 3.17. The van der Waals surface area contributed by atoms with Crippen molar-refractivity contribution in [3.05, 3.63) is 24.3 Å². The van der Waals surface area contributed by atoms with E-state index < -0.39 is 0 Å². The highest BCUT2D eigenvalue weighted by atomic mass is 16.5. The van der Waals surface area contributed by atoms with E-state index in [2.05, 4.69) is 17.1 Å². The molecule has 5 heteroatoms. The molecule has 0 spiro atoms. The highest BCUT2D eigenvalue weighted by Gasteiger charge is 2.13. The van der Waals surface area contributed by atoms with Gasteiger partial charge in [0.15, 0.2) is 0 Å². The number of carbonyl (C=O) groups is 1. The van der Waals surface area contributed by atoms with E-state index in [1.807, 2.05) is 31.2 Å². The van der Waals surface area contributed by atoms with Gasteiger partial charge in [-0.1, -0.05) is 26.0 Å². The molecule has 0 radical (unpaired) electrons. The van der Waals surface area contributed by atoms with Gasteiger partial charge in [0.05, 0.1) is 19.3 Å². The first-order valence-electron chi connectivity index (χ1n) is 6.96. The van der Waals surface area contributed by atoms with Gasteiger partial charge in [0.25, 0.3) is 0 Å². The Balaban J connectivity index is 2.57. The van der Waals surface area contributed by atoms with E-state index in [0.29, 0.717) is 30.4 Å². The molecular formula is C15H25N3O2. The predicted molar refractivity (Wildman–Crippen MR) is 82.0 cm³/mol. The number of amides is 1. The Kier molecular flexibility index (Phi) is 7.04. The summed E-state index contributed by atoms with van der Waals surface area (Å²) in [5, 5.41) is 2.88. The van der Waals surface area contributed by atoms with Crippen LogP contribution in [0.15, 0.2) is 24.3 Å². The molecule has 0 bridgehead atoms. The Hall–Kier alpha value is -1.59. The minimum Gasteiger partial charge on any atom is -0.495 e. The summed E-state index contributed by atoms with van der Waals surface area (Å²) in [7, 11) is 1.59. The number of ether oxygens (including phenoxy) is 1. The molecule has 1 aromatic rings. The lowest BCUT2D eigenvalue weighted by molar-refractivity contribution is -0.117. The highest BCUT2D eigenvalue weighted by molar-refractivity contribution is 5.93. The van der Waals surface area contributed by atoms with Gasteiger partial charge >= 0.3 is 0 Å². The maximum Gasteiger partial charge on any atom is 0.238 e. The molecule has 0 fully saturated rings. The summed E-state index contributed by atoms with van der Waals surface area (Å²) in [5.41, 5.74) is 6.32. The Labute approximate surface area is 121 Å². The zero-order valence-corrected chi connectivity index (χ0v) is 12.6. The smallest absolute Gasteiger partial charge is 0.238 e. The Morgan fingerprint density at radius 2 is 2.15 bits per heavy atom. The number of para-hydroxylation sites is 2. The molecule has 1 aromatic carbocycles. The molecule has 3 N–H and O–H groups in total. The summed E-state index contributed by atoms with van der Waals surface area (Å²) in [4.78, 5) is 14.2. The van der Waals surface area contributed by atoms with Crippen LogP contribution in [0.2, 0.25) is 0 Å². The lowest BCUT2D eigenvalue weighted by Crippen LogP contribution is -2.37. The van der Waals surface area contributed by atoms with Gasteiger partial charge < -0.3 is 15.8 Å². The number of methoxy groups -OCH3 is 1. The standard InChI is InChI=1S/C15H25N3O2/c1-4-18(10-12(2)9-16)11-15(19)17-13-7-5-6-8-14(13)20-3/h5-8,12H,4,9-11,16H2,1-3H3,(H,17,19). The summed E-state index contributed by atoms with van der Waals surface area (Å²) in [6.45, 7) is 6.76. The van der Waals surface area contributed by atoms with E-state index >= 15 is 0 Å². The van der Waals surface area contributed by atoms with Crippen LogP contribution >= 0.6 is 0 Å². The molecule has 1 rings (SSSR count). The van der Waals surface area contributed by atoms with Crippen LogP contribution in [0.3, 0.4) is 0 Å². The summed E-state index contributed by atoms with van der Waals surface area (Å²) in [6.07, 6.45) is 0. The van der Waals surface area contributed by atoms with Crippen molar-refractivity contribution in [1.29, 1.82) is 0 Å². The number of nitrogens with zero attached hydrogens (tertiary/aromatic N) is 1. The van der Waals surface area contributed by atoms with E-state index in [9.17, 15) is 4.79 Å². The second kappa shape index (κ2) is 8.55. The second-order valence-corrected chi connectivity index (χ2v) is 4.92. The first kappa shape index (κ1) is 16.5. The van der Waals surface area contributed by atoms with E-state index in [1.165, 1.54) is 0 Å².